The summed E-state index contributed by atoms with van der Waals surface area (Å²) in [7, 11) is 1.88. The summed E-state index contributed by atoms with van der Waals surface area (Å²) in [6.07, 6.45) is 2.57. The average Bonchev–Trinajstić information content (AvgIpc) is 3.00. The Morgan fingerprint density at radius 3 is 2.73 bits per heavy atom. The van der Waals surface area contributed by atoms with Gasteiger partial charge in [0.2, 0.25) is 5.91 Å². The van der Waals surface area contributed by atoms with Gasteiger partial charge in [0.15, 0.2) is 0 Å². The average molecular weight is 361 g/mol. The Labute approximate surface area is 146 Å². The summed E-state index contributed by atoms with van der Waals surface area (Å²) in [4.78, 5) is 16.4. The second-order valence-electron chi connectivity index (χ2n) is 5.59. The van der Waals surface area contributed by atoms with E-state index in [1.165, 1.54) is 25.9 Å². The number of likely N-dealkylation sites (tertiary alicyclic amines) is 1. The molecule has 22 heavy (non-hydrogen) atoms. The van der Waals surface area contributed by atoms with Crippen molar-refractivity contribution in [1.82, 2.24) is 9.80 Å². The largest absolute Gasteiger partial charge is 0.344 e. The molecule has 1 aliphatic heterocycles. The molecule has 1 amide bonds. The Kier molecular flexibility index (Phi) is 7.35. The van der Waals surface area contributed by atoms with Crippen LogP contribution in [-0.4, -0.2) is 54.7 Å². The zero-order valence-electron chi connectivity index (χ0n) is 12.9. The van der Waals surface area contributed by atoms with Gasteiger partial charge in [-0.25, -0.2) is 0 Å². The maximum atomic E-state index is 12.1. The molecule has 2 rings (SSSR count). The quantitative estimate of drug-likeness (QED) is 0.739. The van der Waals surface area contributed by atoms with E-state index in [9.17, 15) is 4.79 Å². The van der Waals surface area contributed by atoms with Crippen molar-refractivity contribution < 1.29 is 4.79 Å². The molecule has 3 nitrogen and oxygen atoms in total. The molecule has 0 saturated carbocycles. The van der Waals surface area contributed by atoms with E-state index in [0.717, 1.165) is 24.4 Å². The van der Waals surface area contributed by atoms with Gasteiger partial charge in [-0.1, -0.05) is 29.3 Å². The van der Waals surface area contributed by atoms with Crippen LogP contribution in [0.15, 0.2) is 18.2 Å². The number of thioether (sulfide) groups is 1. The SMILES string of the molecule is CN(CCN1CCCC1)C(=O)CSCc1ccc(Cl)cc1Cl. The fraction of sp³-hybridized carbons (Fsp3) is 0.562. The van der Waals surface area contributed by atoms with Gasteiger partial charge in [0, 0.05) is 35.9 Å². The van der Waals surface area contributed by atoms with Crippen molar-refractivity contribution in [3.05, 3.63) is 33.8 Å². The highest BCUT2D eigenvalue weighted by Crippen LogP contribution is 2.24. The van der Waals surface area contributed by atoms with Crippen molar-refractivity contribution in [2.75, 3.05) is 39.0 Å². The van der Waals surface area contributed by atoms with Crippen LogP contribution in [0.1, 0.15) is 18.4 Å². The fourth-order valence-corrected chi connectivity index (χ4v) is 3.94. The lowest BCUT2D eigenvalue weighted by molar-refractivity contribution is -0.127. The van der Waals surface area contributed by atoms with E-state index in [1.807, 2.05) is 24.1 Å². The first-order valence-corrected chi connectivity index (χ1v) is 9.45. The van der Waals surface area contributed by atoms with Crippen LogP contribution in [0.4, 0.5) is 0 Å². The van der Waals surface area contributed by atoms with E-state index in [0.29, 0.717) is 15.8 Å². The highest BCUT2D eigenvalue weighted by molar-refractivity contribution is 7.99. The van der Waals surface area contributed by atoms with Gasteiger partial charge in [-0.3, -0.25) is 4.79 Å². The Bertz CT molecular complexity index is 507. The number of carbonyl (C=O) groups excluding carboxylic acids is 1. The first-order chi connectivity index (χ1) is 10.6. The van der Waals surface area contributed by atoms with Gasteiger partial charge in [-0.2, -0.15) is 0 Å². The Morgan fingerprint density at radius 1 is 1.32 bits per heavy atom. The molecule has 1 fully saturated rings. The maximum Gasteiger partial charge on any atom is 0.232 e. The number of nitrogens with zero attached hydrogens (tertiary/aromatic N) is 2. The molecular formula is C16H22Cl2N2OS. The molecule has 122 valence electrons. The van der Waals surface area contributed by atoms with Crippen molar-refractivity contribution in [2.24, 2.45) is 0 Å². The van der Waals surface area contributed by atoms with E-state index >= 15 is 0 Å². The number of halogens is 2. The van der Waals surface area contributed by atoms with Gasteiger partial charge in [-0.15, -0.1) is 11.8 Å². The second-order valence-corrected chi connectivity index (χ2v) is 7.42. The highest BCUT2D eigenvalue weighted by atomic mass is 35.5. The van der Waals surface area contributed by atoms with Crippen LogP contribution in [0.25, 0.3) is 0 Å². The van der Waals surface area contributed by atoms with Crippen LogP contribution in [0.3, 0.4) is 0 Å². The highest BCUT2D eigenvalue weighted by Gasteiger charge is 2.14. The van der Waals surface area contributed by atoms with Crippen molar-refractivity contribution in [1.29, 1.82) is 0 Å². The Hall–Kier alpha value is -0.420. The molecule has 1 heterocycles. The number of carbonyl (C=O) groups is 1. The van der Waals surface area contributed by atoms with Crippen LogP contribution < -0.4 is 0 Å². The van der Waals surface area contributed by atoms with E-state index < -0.39 is 0 Å². The summed E-state index contributed by atoms with van der Waals surface area (Å²) >= 11 is 13.6. The van der Waals surface area contributed by atoms with Gasteiger partial charge in [0.1, 0.15) is 0 Å². The van der Waals surface area contributed by atoms with Crippen molar-refractivity contribution in [2.45, 2.75) is 18.6 Å². The second kappa shape index (κ2) is 9.02. The Balaban J connectivity index is 1.67. The lowest BCUT2D eigenvalue weighted by Crippen LogP contribution is -2.36. The predicted octanol–water partition coefficient (Wildman–Crippen LogP) is 3.78. The molecule has 0 aromatic heterocycles. The summed E-state index contributed by atoms with van der Waals surface area (Å²) in [5.74, 6) is 1.38. The molecule has 0 radical (unpaired) electrons. The molecule has 1 saturated heterocycles. The third kappa shape index (κ3) is 5.65. The van der Waals surface area contributed by atoms with Crippen molar-refractivity contribution in [3.63, 3.8) is 0 Å². The number of amides is 1. The number of likely N-dealkylation sites (N-methyl/N-ethyl adjacent to an activating group) is 1. The molecule has 1 aromatic rings. The molecule has 0 atom stereocenters. The van der Waals surface area contributed by atoms with Crippen LogP contribution in [0.2, 0.25) is 10.0 Å². The minimum absolute atomic E-state index is 0.175. The molecule has 0 aliphatic carbocycles. The minimum atomic E-state index is 0.175. The molecule has 6 heteroatoms. The molecule has 1 aromatic carbocycles. The summed E-state index contributed by atoms with van der Waals surface area (Å²) in [6, 6.07) is 5.48. The van der Waals surface area contributed by atoms with Crippen molar-refractivity contribution in [3.8, 4) is 0 Å². The topological polar surface area (TPSA) is 23.6 Å². The van der Waals surface area contributed by atoms with Crippen molar-refractivity contribution >= 4 is 40.9 Å². The molecule has 1 aliphatic rings. The molecule has 0 unspecified atom stereocenters. The summed E-state index contributed by atoms with van der Waals surface area (Å²) < 4.78 is 0. The smallest absolute Gasteiger partial charge is 0.232 e. The van der Waals surface area contributed by atoms with Gasteiger partial charge in [-0.05, 0) is 43.6 Å². The summed E-state index contributed by atoms with van der Waals surface area (Å²) in [5.41, 5.74) is 1.02. The maximum absolute atomic E-state index is 12.1. The van der Waals surface area contributed by atoms with Gasteiger partial charge >= 0.3 is 0 Å². The first-order valence-electron chi connectivity index (χ1n) is 7.54. The standard InChI is InChI=1S/C16H22Cl2N2OS/c1-19(8-9-20-6-2-3-7-20)16(21)12-22-11-13-4-5-14(17)10-15(13)18/h4-5,10H,2-3,6-9,11-12H2,1H3. The lowest BCUT2D eigenvalue weighted by Gasteiger charge is -2.21. The van der Waals surface area contributed by atoms with Crippen LogP contribution >= 0.6 is 35.0 Å². The normalized spacial score (nSPS) is 15.2. The predicted molar refractivity (Wildman–Crippen MR) is 95.9 cm³/mol. The lowest BCUT2D eigenvalue weighted by atomic mass is 10.2. The number of hydrogen-bond acceptors (Lipinski definition) is 3. The van der Waals surface area contributed by atoms with E-state index in [1.54, 1.807) is 17.8 Å². The third-order valence-corrected chi connectivity index (χ3v) is 5.43. The zero-order chi connectivity index (χ0) is 15.9. The summed E-state index contributed by atoms with van der Waals surface area (Å²) in [6.45, 7) is 4.13. The van der Waals surface area contributed by atoms with E-state index in [4.69, 9.17) is 23.2 Å². The third-order valence-electron chi connectivity index (χ3n) is 3.87. The first kappa shape index (κ1) is 17.9. The Morgan fingerprint density at radius 2 is 2.05 bits per heavy atom. The molecule has 0 N–H and O–H groups in total. The zero-order valence-corrected chi connectivity index (χ0v) is 15.2. The fourth-order valence-electron chi connectivity index (χ4n) is 2.42. The van der Waals surface area contributed by atoms with E-state index in [-0.39, 0.29) is 5.91 Å². The van der Waals surface area contributed by atoms with E-state index in [2.05, 4.69) is 4.90 Å². The van der Waals surface area contributed by atoms with Crippen LogP contribution in [0.5, 0.6) is 0 Å². The molecular weight excluding hydrogens is 339 g/mol. The molecule has 0 bridgehead atoms. The number of rotatable bonds is 7. The van der Waals surface area contributed by atoms with Crippen LogP contribution in [0, 0.1) is 0 Å². The summed E-state index contributed by atoms with van der Waals surface area (Å²) in [5, 5.41) is 1.30. The monoisotopic (exact) mass is 360 g/mol. The van der Waals surface area contributed by atoms with Gasteiger partial charge in [0.25, 0.3) is 0 Å². The minimum Gasteiger partial charge on any atom is -0.344 e. The number of hydrogen-bond donors (Lipinski definition) is 0. The number of benzene rings is 1. The van der Waals surface area contributed by atoms with Gasteiger partial charge in [0.05, 0.1) is 5.75 Å². The molecule has 0 spiro atoms. The van der Waals surface area contributed by atoms with Gasteiger partial charge < -0.3 is 9.80 Å². The van der Waals surface area contributed by atoms with Crippen LogP contribution in [-0.2, 0) is 10.5 Å².